The van der Waals surface area contributed by atoms with Gasteiger partial charge < -0.3 is 0 Å². The average Bonchev–Trinajstić information content (AvgIpc) is 3.20. The average molecular weight is 461 g/mol. The van der Waals surface area contributed by atoms with E-state index in [2.05, 4.69) is 9.88 Å². The highest BCUT2D eigenvalue weighted by Gasteiger charge is 2.33. The van der Waals surface area contributed by atoms with Crippen molar-refractivity contribution in [2.75, 3.05) is 18.8 Å². The van der Waals surface area contributed by atoms with Gasteiger partial charge in [0.1, 0.15) is 0 Å². The van der Waals surface area contributed by atoms with E-state index in [9.17, 15) is 21.6 Å². The largest absolute Gasteiger partial charge is 0.416 e. The molecule has 0 N–H and O–H groups in total. The molecule has 0 bridgehead atoms. The first kappa shape index (κ1) is 22.5. The summed E-state index contributed by atoms with van der Waals surface area (Å²) < 4.78 is 64.2. The van der Waals surface area contributed by atoms with Gasteiger partial charge in [0.15, 0.2) is 9.84 Å². The summed E-state index contributed by atoms with van der Waals surface area (Å²) in [6.45, 7) is 2.05. The number of halogens is 3. The second kappa shape index (κ2) is 9.03. The lowest BCUT2D eigenvalue weighted by atomic mass is 10.1. The van der Waals surface area contributed by atoms with Crippen molar-refractivity contribution in [3.63, 3.8) is 0 Å². The minimum absolute atomic E-state index is 0.109. The first-order valence-corrected chi connectivity index (χ1v) is 12.0. The molecule has 0 unspecified atom stereocenters. The summed E-state index contributed by atoms with van der Waals surface area (Å²) in [4.78, 5) is 6.25. The molecule has 168 valence electrons. The van der Waals surface area contributed by atoms with Crippen LogP contribution in [0, 0.1) is 5.92 Å². The van der Waals surface area contributed by atoms with Crippen molar-refractivity contribution in [1.82, 2.24) is 9.88 Å². The molecule has 1 fully saturated rings. The van der Waals surface area contributed by atoms with Gasteiger partial charge in [-0.05, 0) is 54.8 Å². The van der Waals surface area contributed by atoms with Crippen molar-refractivity contribution in [3.8, 4) is 11.3 Å². The van der Waals surface area contributed by atoms with Crippen molar-refractivity contribution in [2.45, 2.75) is 24.0 Å². The van der Waals surface area contributed by atoms with Crippen molar-refractivity contribution in [1.29, 1.82) is 0 Å². The zero-order chi connectivity index (χ0) is 22.8. The van der Waals surface area contributed by atoms with Crippen LogP contribution in [0.5, 0.6) is 0 Å². The van der Waals surface area contributed by atoms with E-state index in [1.165, 1.54) is 6.07 Å². The Morgan fingerprint density at radius 2 is 1.78 bits per heavy atom. The molecule has 3 aromatic rings. The molecule has 1 aromatic heterocycles. The molecule has 4 rings (SSSR count). The van der Waals surface area contributed by atoms with Crippen LogP contribution >= 0.6 is 0 Å². The Labute approximate surface area is 185 Å². The second-order valence-corrected chi connectivity index (χ2v) is 10.1. The van der Waals surface area contributed by atoms with E-state index in [4.69, 9.17) is 0 Å². The third-order valence-corrected chi connectivity index (χ3v) is 7.55. The van der Waals surface area contributed by atoms with Crippen LogP contribution < -0.4 is 0 Å². The Balaban J connectivity index is 1.37. The summed E-state index contributed by atoms with van der Waals surface area (Å²) in [5.74, 6) is -0.258. The minimum Gasteiger partial charge on any atom is -0.299 e. The van der Waals surface area contributed by atoms with Crippen LogP contribution in [0.1, 0.15) is 17.5 Å². The Bertz CT molecular complexity index is 1160. The summed E-state index contributed by atoms with van der Waals surface area (Å²) in [5, 5.41) is 0. The van der Waals surface area contributed by atoms with E-state index in [0.717, 1.165) is 41.6 Å². The van der Waals surface area contributed by atoms with Crippen LogP contribution in [0.2, 0.25) is 0 Å². The van der Waals surface area contributed by atoms with Gasteiger partial charge in [0.05, 0.1) is 21.9 Å². The fourth-order valence-electron chi connectivity index (χ4n) is 4.04. The topological polar surface area (TPSA) is 50.3 Å². The SMILES string of the molecule is O=S(=O)(C[C@@H]1CCN(Cc2ccc(-c3ccccn3)cc2)C1)c1cccc(C(F)(F)F)c1. The summed E-state index contributed by atoms with van der Waals surface area (Å²) in [7, 11) is -3.79. The molecular weight excluding hydrogens is 437 g/mol. The van der Waals surface area contributed by atoms with E-state index in [1.54, 1.807) is 6.20 Å². The molecule has 1 aliphatic rings. The van der Waals surface area contributed by atoms with E-state index < -0.39 is 21.6 Å². The molecular formula is C24H23F3N2O2S. The summed E-state index contributed by atoms with van der Waals surface area (Å²) >= 11 is 0. The number of rotatable bonds is 6. The summed E-state index contributed by atoms with van der Waals surface area (Å²) in [5.41, 5.74) is 2.10. The maximum absolute atomic E-state index is 12.9. The molecule has 1 aliphatic heterocycles. The molecule has 2 heterocycles. The number of hydrogen-bond donors (Lipinski definition) is 0. The van der Waals surface area contributed by atoms with Crippen LogP contribution in [-0.2, 0) is 22.6 Å². The van der Waals surface area contributed by atoms with Gasteiger partial charge in [0, 0.05) is 24.8 Å². The highest BCUT2D eigenvalue weighted by atomic mass is 32.2. The monoisotopic (exact) mass is 460 g/mol. The number of nitrogens with zero attached hydrogens (tertiary/aromatic N) is 2. The predicted octanol–water partition coefficient (Wildman–Crippen LogP) is 5.06. The van der Waals surface area contributed by atoms with E-state index >= 15 is 0 Å². The molecule has 1 saturated heterocycles. The van der Waals surface area contributed by atoms with Gasteiger partial charge in [0.2, 0.25) is 0 Å². The molecule has 0 aliphatic carbocycles. The van der Waals surface area contributed by atoms with Gasteiger partial charge in [-0.15, -0.1) is 0 Å². The number of benzene rings is 2. The predicted molar refractivity (Wildman–Crippen MR) is 117 cm³/mol. The third-order valence-electron chi connectivity index (χ3n) is 5.67. The lowest BCUT2D eigenvalue weighted by molar-refractivity contribution is -0.137. The maximum atomic E-state index is 12.9. The number of hydrogen-bond acceptors (Lipinski definition) is 4. The minimum atomic E-state index is -4.57. The first-order valence-electron chi connectivity index (χ1n) is 10.3. The molecule has 0 radical (unpaired) electrons. The van der Waals surface area contributed by atoms with Crippen molar-refractivity contribution >= 4 is 9.84 Å². The van der Waals surface area contributed by atoms with Gasteiger partial charge in [-0.25, -0.2) is 8.42 Å². The lowest BCUT2D eigenvalue weighted by Crippen LogP contribution is -2.23. The maximum Gasteiger partial charge on any atom is 0.416 e. The zero-order valence-electron chi connectivity index (χ0n) is 17.3. The molecule has 32 heavy (non-hydrogen) atoms. The van der Waals surface area contributed by atoms with Crippen molar-refractivity contribution < 1.29 is 21.6 Å². The van der Waals surface area contributed by atoms with E-state index in [1.807, 2.05) is 42.5 Å². The number of aromatic nitrogens is 1. The Kier molecular flexibility index (Phi) is 6.35. The number of sulfone groups is 1. The number of likely N-dealkylation sites (tertiary alicyclic amines) is 1. The Hall–Kier alpha value is -2.71. The molecule has 2 aromatic carbocycles. The highest BCUT2D eigenvalue weighted by molar-refractivity contribution is 7.91. The van der Waals surface area contributed by atoms with E-state index in [0.29, 0.717) is 19.5 Å². The molecule has 1 atom stereocenters. The number of alkyl halides is 3. The molecule has 0 spiro atoms. The van der Waals surface area contributed by atoms with Gasteiger partial charge >= 0.3 is 6.18 Å². The number of pyridine rings is 1. The fraction of sp³-hybridized carbons (Fsp3) is 0.292. The molecule has 0 amide bonds. The molecule has 4 nitrogen and oxygen atoms in total. The summed E-state index contributed by atoms with van der Waals surface area (Å²) in [6, 6.07) is 17.9. The quantitative estimate of drug-likeness (QED) is 0.516. The van der Waals surface area contributed by atoms with Crippen molar-refractivity contribution in [2.24, 2.45) is 5.92 Å². The highest BCUT2D eigenvalue weighted by Crippen LogP contribution is 2.31. The van der Waals surface area contributed by atoms with Crippen LogP contribution in [0.3, 0.4) is 0 Å². The Morgan fingerprint density at radius 1 is 1.00 bits per heavy atom. The van der Waals surface area contributed by atoms with Crippen molar-refractivity contribution in [3.05, 3.63) is 84.1 Å². The third kappa shape index (κ3) is 5.37. The fourth-order valence-corrected chi connectivity index (χ4v) is 5.72. The Morgan fingerprint density at radius 3 is 2.47 bits per heavy atom. The normalized spacial score (nSPS) is 17.5. The van der Waals surface area contributed by atoms with Crippen LogP contribution in [0.4, 0.5) is 13.2 Å². The van der Waals surface area contributed by atoms with Gasteiger partial charge in [0.25, 0.3) is 0 Å². The molecule has 0 saturated carbocycles. The first-order chi connectivity index (χ1) is 15.2. The van der Waals surface area contributed by atoms with Gasteiger partial charge in [-0.2, -0.15) is 13.2 Å². The lowest BCUT2D eigenvalue weighted by Gasteiger charge is -2.17. The van der Waals surface area contributed by atoms with Crippen LogP contribution in [0.25, 0.3) is 11.3 Å². The molecule has 8 heteroatoms. The smallest absolute Gasteiger partial charge is 0.299 e. The zero-order valence-corrected chi connectivity index (χ0v) is 18.1. The van der Waals surface area contributed by atoms with Gasteiger partial charge in [-0.1, -0.05) is 36.4 Å². The van der Waals surface area contributed by atoms with Crippen LogP contribution in [-0.4, -0.2) is 37.1 Å². The van der Waals surface area contributed by atoms with Gasteiger partial charge in [-0.3, -0.25) is 9.88 Å². The van der Waals surface area contributed by atoms with E-state index in [-0.39, 0.29) is 16.6 Å². The summed E-state index contributed by atoms with van der Waals surface area (Å²) in [6.07, 6.45) is -2.12. The standard InChI is InChI=1S/C24H23F3N2O2S/c25-24(26,27)21-4-3-5-22(14-21)32(30,31)17-19-11-13-29(16-19)15-18-7-9-20(10-8-18)23-6-1-2-12-28-23/h1-10,12,14,19H,11,13,15-17H2/t19-/m1/s1. The second-order valence-electron chi connectivity index (χ2n) is 8.11. The van der Waals surface area contributed by atoms with Crippen LogP contribution in [0.15, 0.2) is 77.8 Å².